The van der Waals surface area contributed by atoms with Crippen LogP contribution in [0, 0.1) is 0 Å². The lowest BCUT2D eigenvalue weighted by atomic mass is 10.2. The predicted molar refractivity (Wildman–Crippen MR) is 69.0 cm³/mol. The van der Waals surface area contributed by atoms with Crippen LogP contribution in [0.15, 0.2) is 12.4 Å². The molecule has 0 radical (unpaired) electrons. The van der Waals surface area contributed by atoms with E-state index in [0.29, 0.717) is 36.8 Å². The first-order valence-corrected chi connectivity index (χ1v) is 6.23. The number of methoxy groups -OCH3 is 1. The van der Waals surface area contributed by atoms with E-state index in [1.54, 1.807) is 24.6 Å². The van der Waals surface area contributed by atoms with Crippen LogP contribution in [0.5, 0.6) is 0 Å². The van der Waals surface area contributed by atoms with Gasteiger partial charge in [0.2, 0.25) is 5.78 Å². The molecule has 0 amide bonds. The number of imidazole rings is 1. The highest BCUT2D eigenvalue weighted by molar-refractivity contribution is 5.89. The van der Waals surface area contributed by atoms with Gasteiger partial charge >= 0.3 is 5.97 Å². The van der Waals surface area contributed by atoms with Crippen molar-refractivity contribution in [3.63, 3.8) is 0 Å². The molecule has 6 heteroatoms. The SMILES string of the molecule is CCOC(=O)c1c(CC)nc2ncc(COC)cn12. The molecule has 102 valence electrons. The van der Waals surface area contributed by atoms with Gasteiger partial charge in [-0.15, -0.1) is 0 Å². The number of ether oxygens (including phenoxy) is 2. The number of aromatic nitrogens is 3. The van der Waals surface area contributed by atoms with Crippen molar-refractivity contribution in [1.29, 1.82) is 0 Å². The topological polar surface area (TPSA) is 65.7 Å². The number of hydrogen-bond donors (Lipinski definition) is 0. The fourth-order valence-corrected chi connectivity index (χ4v) is 1.92. The first-order chi connectivity index (χ1) is 9.21. The standard InChI is InChI=1S/C13H17N3O3/c1-4-10-11(12(17)19-5-2)16-7-9(8-18-3)6-14-13(16)15-10/h6-7H,4-5,8H2,1-3H3. The zero-order chi connectivity index (χ0) is 13.8. The molecule has 0 aliphatic carbocycles. The van der Waals surface area contributed by atoms with Crippen LogP contribution in [-0.2, 0) is 22.5 Å². The van der Waals surface area contributed by atoms with E-state index in [-0.39, 0.29) is 5.97 Å². The molecule has 0 saturated heterocycles. The van der Waals surface area contributed by atoms with E-state index in [1.807, 2.05) is 13.1 Å². The zero-order valence-corrected chi connectivity index (χ0v) is 11.3. The summed E-state index contributed by atoms with van der Waals surface area (Å²) in [7, 11) is 1.61. The molecule has 0 aromatic carbocycles. The molecule has 0 unspecified atom stereocenters. The van der Waals surface area contributed by atoms with Crippen LogP contribution in [0.4, 0.5) is 0 Å². The molecule has 0 N–H and O–H groups in total. The Bertz CT molecular complexity index is 592. The van der Waals surface area contributed by atoms with E-state index in [0.717, 1.165) is 5.56 Å². The number of fused-ring (bicyclic) bond motifs is 1. The van der Waals surface area contributed by atoms with Crippen molar-refractivity contribution in [2.24, 2.45) is 0 Å². The summed E-state index contributed by atoms with van der Waals surface area (Å²) in [4.78, 5) is 20.6. The van der Waals surface area contributed by atoms with Crippen molar-refractivity contribution >= 4 is 11.7 Å². The maximum absolute atomic E-state index is 12.0. The van der Waals surface area contributed by atoms with E-state index < -0.39 is 0 Å². The molecule has 2 rings (SSSR count). The van der Waals surface area contributed by atoms with Crippen molar-refractivity contribution in [3.05, 3.63) is 29.3 Å². The fourth-order valence-electron chi connectivity index (χ4n) is 1.92. The monoisotopic (exact) mass is 263 g/mol. The number of hydrogen-bond acceptors (Lipinski definition) is 5. The molecule has 0 spiro atoms. The molecule has 0 aliphatic rings. The van der Waals surface area contributed by atoms with Crippen LogP contribution < -0.4 is 0 Å². The lowest BCUT2D eigenvalue weighted by Crippen LogP contribution is -2.11. The Hall–Kier alpha value is -1.95. The van der Waals surface area contributed by atoms with Crippen molar-refractivity contribution in [3.8, 4) is 0 Å². The predicted octanol–water partition coefficient (Wildman–Crippen LogP) is 1.61. The third kappa shape index (κ3) is 2.58. The minimum atomic E-state index is -0.372. The Morgan fingerprint density at radius 2 is 2.21 bits per heavy atom. The van der Waals surface area contributed by atoms with Crippen molar-refractivity contribution in [2.45, 2.75) is 26.9 Å². The Kier molecular flexibility index (Phi) is 4.11. The first kappa shape index (κ1) is 13.5. The lowest BCUT2D eigenvalue weighted by Gasteiger charge is -2.05. The molecule has 2 aromatic heterocycles. The molecule has 2 aromatic rings. The minimum Gasteiger partial charge on any atom is -0.461 e. The van der Waals surface area contributed by atoms with Crippen molar-refractivity contribution in [2.75, 3.05) is 13.7 Å². The van der Waals surface area contributed by atoms with Crippen LogP contribution in [-0.4, -0.2) is 34.1 Å². The van der Waals surface area contributed by atoms with Gasteiger partial charge < -0.3 is 9.47 Å². The van der Waals surface area contributed by atoms with E-state index in [4.69, 9.17) is 9.47 Å². The summed E-state index contributed by atoms with van der Waals surface area (Å²) in [5, 5.41) is 0. The summed E-state index contributed by atoms with van der Waals surface area (Å²) in [6.45, 7) is 4.49. The number of nitrogens with zero attached hydrogens (tertiary/aromatic N) is 3. The average molecular weight is 263 g/mol. The van der Waals surface area contributed by atoms with E-state index >= 15 is 0 Å². The van der Waals surface area contributed by atoms with Gasteiger partial charge in [-0.3, -0.25) is 4.40 Å². The Morgan fingerprint density at radius 1 is 1.42 bits per heavy atom. The molecule has 19 heavy (non-hydrogen) atoms. The Labute approximate surface area is 111 Å². The number of esters is 1. The molecule has 6 nitrogen and oxygen atoms in total. The molecular formula is C13H17N3O3. The highest BCUT2D eigenvalue weighted by Crippen LogP contribution is 2.14. The zero-order valence-electron chi connectivity index (χ0n) is 11.3. The molecule has 0 fully saturated rings. The highest BCUT2D eigenvalue weighted by Gasteiger charge is 2.20. The maximum atomic E-state index is 12.0. The van der Waals surface area contributed by atoms with Crippen LogP contribution in [0.3, 0.4) is 0 Å². The highest BCUT2D eigenvalue weighted by atomic mass is 16.5. The van der Waals surface area contributed by atoms with Gasteiger partial charge in [-0.25, -0.2) is 14.8 Å². The quantitative estimate of drug-likeness (QED) is 0.767. The summed E-state index contributed by atoms with van der Waals surface area (Å²) in [5.74, 6) is 0.128. The summed E-state index contributed by atoms with van der Waals surface area (Å²) >= 11 is 0. The Morgan fingerprint density at radius 3 is 2.84 bits per heavy atom. The van der Waals surface area contributed by atoms with Crippen LogP contribution in [0.1, 0.15) is 35.6 Å². The average Bonchev–Trinajstić information content (AvgIpc) is 2.77. The third-order valence-corrected chi connectivity index (χ3v) is 2.72. The number of carbonyl (C=O) groups excluding carboxylic acids is 1. The van der Waals surface area contributed by atoms with Gasteiger partial charge in [-0.1, -0.05) is 6.92 Å². The second-order valence-electron chi connectivity index (χ2n) is 4.05. The smallest absolute Gasteiger partial charge is 0.357 e. The van der Waals surface area contributed by atoms with Gasteiger partial charge in [0.15, 0.2) is 5.69 Å². The van der Waals surface area contributed by atoms with Gasteiger partial charge in [-0.2, -0.15) is 0 Å². The molecule has 0 atom stereocenters. The fraction of sp³-hybridized carbons (Fsp3) is 0.462. The summed E-state index contributed by atoms with van der Waals surface area (Å²) in [5.41, 5.74) is 2.02. The van der Waals surface area contributed by atoms with Crippen molar-refractivity contribution < 1.29 is 14.3 Å². The number of aryl methyl sites for hydroxylation is 1. The molecule has 0 bridgehead atoms. The summed E-state index contributed by atoms with van der Waals surface area (Å²) < 4.78 is 11.8. The number of carbonyl (C=O) groups is 1. The first-order valence-electron chi connectivity index (χ1n) is 6.23. The summed E-state index contributed by atoms with van der Waals surface area (Å²) in [6, 6.07) is 0. The lowest BCUT2D eigenvalue weighted by molar-refractivity contribution is 0.0516. The normalized spacial score (nSPS) is 10.9. The second-order valence-corrected chi connectivity index (χ2v) is 4.05. The summed E-state index contributed by atoms with van der Waals surface area (Å²) in [6.07, 6.45) is 4.15. The van der Waals surface area contributed by atoms with E-state index in [9.17, 15) is 4.79 Å². The minimum absolute atomic E-state index is 0.334. The number of rotatable bonds is 5. The maximum Gasteiger partial charge on any atom is 0.357 e. The van der Waals surface area contributed by atoms with Gasteiger partial charge in [-0.05, 0) is 13.3 Å². The van der Waals surface area contributed by atoms with Crippen LogP contribution >= 0.6 is 0 Å². The van der Waals surface area contributed by atoms with E-state index in [1.165, 1.54) is 0 Å². The van der Waals surface area contributed by atoms with Gasteiger partial charge in [0, 0.05) is 25.1 Å². The molecule has 2 heterocycles. The van der Waals surface area contributed by atoms with Gasteiger partial charge in [0.1, 0.15) is 0 Å². The van der Waals surface area contributed by atoms with Crippen LogP contribution in [0.25, 0.3) is 5.78 Å². The largest absolute Gasteiger partial charge is 0.461 e. The third-order valence-electron chi connectivity index (χ3n) is 2.72. The van der Waals surface area contributed by atoms with Crippen molar-refractivity contribution in [1.82, 2.24) is 14.4 Å². The molecular weight excluding hydrogens is 246 g/mol. The van der Waals surface area contributed by atoms with Gasteiger partial charge in [0.05, 0.1) is 18.9 Å². The van der Waals surface area contributed by atoms with E-state index in [2.05, 4.69) is 9.97 Å². The molecule has 0 aliphatic heterocycles. The molecule has 0 saturated carbocycles. The van der Waals surface area contributed by atoms with Gasteiger partial charge in [0.25, 0.3) is 0 Å². The second kappa shape index (κ2) is 5.79. The Balaban J connectivity index is 2.56. The van der Waals surface area contributed by atoms with Crippen LogP contribution in [0.2, 0.25) is 0 Å².